The number of halogens is 3. The Bertz CT molecular complexity index is 667. The van der Waals surface area contributed by atoms with Crippen LogP contribution in [0.4, 0.5) is 14.5 Å². The smallest absolute Gasteiger partial charge is 0.387 e. The number of ether oxygens (including phenoxy) is 2. The number of nitrogens with two attached hydrogens (primary N) is 1. The number of rotatable bonds is 5. The minimum absolute atomic E-state index is 0.00896. The Morgan fingerprint density at radius 3 is 2.55 bits per heavy atom. The molecule has 2 aromatic rings. The molecule has 0 heterocycles. The van der Waals surface area contributed by atoms with Crippen molar-refractivity contribution in [2.45, 2.75) is 12.7 Å². The second-order valence-corrected chi connectivity index (χ2v) is 4.87. The van der Waals surface area contributed by atoms with Gasteiger partial charge in [-0.2, -0.15) is 8.78 Å². The van der Waals surface area contributed by atoms with E-state index in [1.165, 1.54) is 31.4 Å². The van der Waals surface area contributed by atoms with E-state index >= 15 is 0 Å². The quantitative estimate of drug-likeness (QED) is 0.822. The van der Waals surface area contributed by atoms with Crippen molar-refractivity contribution < 1.29 is 23.4 Å². The molecule has 0 fully saturated rings. The maximum Gasteiger partial charge on any atom is 0.387 e. The molecular weight excluding hydrogens is 316 g/mol. The van der Waals surface area contributed by atoms with Crippen molar-refractivity contribution in [2.24, 2.45) is 0 Å². The molecule has 0 radical (unpaired) electrons. The molecule has 3 N–H and O–H groups in total. The molecule has 1 atom stereocenters. The third-order valence-electron chi connectivity index (χ3n) is 3.07. The van der Waals surface area contributed by atoms with Crippen molar-refractivity contribution in [1.29, 1.82) is 0 Å². The minimum atomic E-state index is -3.00. The van der Waals surface area contributed by atoms with Crippen LogP contribution in [0.3, 0.4) is 0 Å². The molecule has 0 spiro atoms. The molecule has 4 nitrogen and oxygen atoms in total. The van der Waals surface area contributed by atoms with Crippen LogP contribution in [0.1, 0.15) is 17.2 Å². The number of alkyl halides is 2. The highest BCUT2D eigenvalue weighted by atomic mass is 35.5. The molecule has 2 aromatic carbocycles. The van der Waals surface area contributed by atoms with E-state index in [1.54, 1.807) is 12.1 Å². The number of aliphatic hydroxyl groups excluding tert-OH is 1. The van der Waals surface area contributed by atoms with Crippen molar-refractivity contribution in [3.05, 3.63) is 52.5 Å². The number of benzene rings is 2. The summed E-state index contributed by atoms with van der Waals surface area (Å²) in [6, 6.07) is 8.96. The molecule has 1 unspecified atom stereocenters. The van der Waals surface area contributed by atoms with E-state index in [4.69, 9.17) is 22.1 Å². The van der Waals surface area contributed by atoms with Gasteiger partial charge in [0.2, 0.25) is 0 Å². The molecule has 118 valence electrons. The average molecular weight is 330 g/mol. The highest BCUT2D eigenvalue weighted by Crippen LogP contribution is 2.39. The van der Waals surface area contributed by atoms with Crippen LogP contribution in [0, 0.1) is 0 Å². The Morgan fingerprint density at radius 2 is 1.91 bits per heavy atom. The van der Waals surface area contributed by atoms with Crippen LogP contribution in [-0.2, 0) is 0 Å². The number of hydrogen-bond acceptors (Lipinski definition) is 4. The summed E-state index contributed by atoms with van der Waals surface area (Å²) in [5.74, 6) is -0.163. The van der Waals surface area contributed by atoms with Gasteiger partial charge < -0.3 is 20.3 Å². The molecule has 7 heteroatoms. The third kappa shape index (κ3) is 3.40. The van der Waals surface area contributed by atoms with Crippen molar-refractivity contribution in [2.75, 3.05) is 12.8 Å². The largest absolute Gasteiger partial charge is 0.492 e. The zero-order valence-electron chi connectivity index (χ0n) is 11.6. The van der Waals surface area contributed by atoms with Gasteiger partial charge in [0, 0.05) is 21.8 Å². The zero-order valence-corrected chi connectivity index (χ0v) is 12.3. The van der Waals surface area contributed by atoms with Crippen LogP contribution in [-0.4, -0.2) is 18.8 Å². The third-order valence-corrected chi connectivity index (χ3v) is 3.30. The molecule has 2 rings (SSSR count). The van der Waals surface area contributed by atoms with Gasteiger partial charge in [0.1, 0.15) is 6.10 Å². The maximum absolute atomic E-state index is 12.4. The lowest BCUT2D eigenvalue weighted by Crippen LogP contribution is -2.08. The summed E-state index contributed by atoms with van der Waals surface area (Å²) in [7, 11) is 1.30. The first kappa shape index (κ1) is 16.3. The Balaban J connectivity index is 2.49. The van der Waals surface area contributed by atoms with E-state index in [9.17, 15) is 13.9 Å². The predicted molar refractivity (Wildman–Crippen MR) is 79.6 cm³/mol. The molecule has 0 aromatic heterocycles. The average Bonchev–Trinajstić information content (AvgIpc) is 2.48. The van der Waals surface area contributed by atoms with Gasteiger partial charge in [0.05, 0.1) is 7.11 Å². The first-order chi connectivity index (χ1) is 10.4. The Kier molecular flexibility index (Phi) is 5.05. The number of aliphatic hydroxyl groups is 1. The molecule has 0 saturated heterocycles. The minimum Gasteiger partial charge on any atom is -0.492 e. The van der Waals surface area contributed by atoms with Crippen LogP contribution in [0.15, 0.2) is 36.4 Å². The molecular formula is C15H14ClF2NO3. The summed E-state index contributed by atoms with van der Waals surface area (Å²) < 4.78 is 34.4. The van der Waals surface area contributed by atoms with Crippen LogP contribution in [0.25, 0.3) is 0 Å². The number of methoxy groups -OCH3 is 1. The summed E-state index contributed by atoms with van der Waals surface area (Å²) in [5.41, 5.74) is 6.74. The zero-order chi connectivity index (χ0) is 16.3. The first-order valence-corrected chi connectivity index (χ1v) is 6.66. The number of para-hydroxylation sites is 1. The van der Waals surface area contributed by atoms with Gasteiger partial charge in [-0.25, -0.2) is 0 Å². The number of anilines is 1. The molecule has 0 amide bonds. The summed E-state index contributed by atoms with van der Waals surface area (Å²) in [5, 5.41) is 10.9. The molecule has 0 bridgehead atoms. The van der Waals surface area contributed by atoms with E-state index in [1.807, 2.05) is 0 Å². The number of nitrogen functional groups attached to an aromatic ring is 1. The van der Waals surface area contributed by atoms with Gasteiger partial charge >= 0.3 is 6.61 Å². The summed E-state index contributed by atoms with van der Waals surface area (Å²) in [4.78, 5) is 0. The molecule has 0 aliphatic rings. The van der Waals surface area contributed by atoms with Gasteiger partial charge in [0.25, 0.3) is 0 Å². The lowest BCUT2D eigenvalue weighted by Gasteiger charge is -2.19. The highest BCUT2D eigenvalue weighted by molar-refractivity contribution is 6.30. The second-order valence-electron chi connectivity index (χ2n) is 4.43. The molecule has 0 aliphatic heterocycles. The summed E-state index contributed by atoms with van der Waals surface area (Å²) >= 11 is 5.90. The second kappa shape index (κ2) is 6.81. The normalized spacial score (nSPS) is 12.3. The fourth-order valence-corrected chi connectivity index (χ4v) is 2.29. The van der Waals surface area contributed by atoms with Gasteiger partial charge in [-0.1, -0.05) is 23.7 Å². The van der Waals surface area contributed by atoms with Crippen molar-refractivity contribution in [1.82, 2.24) is 0 Å². The van der Waals surface area contributed by atoms with Gasteiger partial charge in [0.15, 0.2) is 11.5 Å². The number of hydrogen-bond donors (Lipinski definition) is 2. The monoisotopic (exact) mass is 329 g/mol. The fraction of sp³-hybridized carbons (Fsp3) is 0.200. The van der Waals surface area contributed by atoms with Gasteiger partial charge in [-0.05, 0) is 24.3 Å². The summed E-state index contributed by atoms with van der Waals surface area (Å²) in [6.07, 6.45) is -1.20. The maximum atomic E-state index is 12.4. The molecule has 0 aliphatic carbocycles. The van der Waals surface area contributed by atoms with E-state index < -0.39 is 12.7 Å². The molecule has 0 saturated carbocycles. The van der Waals surface area contributed by atoms with E-state index in [2.05, 4.69) is 4.74 Å². The lowest BCUT2D eigenvalue weighted by atomic mass is 9.99. The summed E-state index contributed by atoms with van der Waals surface area (Å²) in [6.45, 7) is -3.00. The van der Waals surface area contributed by atoms with Gasteiger partial charge in [-0.3, -0.25) is 0 Å². The molecule has 22 heavy (non-hydrogen) atoms. The van der Waals surface area contributed by atoms with Crippen LogP contribution < -0.4 is 15.2 Å². The van der Waals surface area contributed by atoms with Gasteiger partial charge in [-0.15, -0.1) is 0 Å². The van der Waals surface area contributed by atoms with E-state index in [-0.39, 0.29) is 17.1 Å². The first-order valence-electron chi connectivity index (χ1n) is 6.28. The Labute approximate surface area is 131 Å². The Morgan fingerprint density at radius 1 is 1.18 bits per heavy atom. The lowest BCUT2D eigenvalue weighted by molar-refractivity contribution is -0.0513. The predicted octanol–water partition coefficient (Wildman–Crippen LogP) is 3.61. The Hall–Kier alpha value is -2.05. The van der Waals surface area contributed by atoms with Crippen LogP contribution in [0.5, 0.6) is 11.5 Å². The van der Waals surface area contributed by atoms with Crippen molar-refractivity contribution in [3.63, 3.8) is 0 Å². The van der Waals surface area contributed by atoms with Crippen LogP contribution >= 0.6 is 11.6 Å². The topological polar surface area (TPSA) is 64.7 Å². The highest BCUT2D eigenvalue weighted by Gasteiger charge is 2.22. The van der Waals surface area contributed by atoms with Crippen molar-refractivity contribution >= 4 is 17.3 Å². The van der Waals surface area contributed by atoms with Crippen molar-refractivity contribution in [3.8, 4) is 11.5 Å². The van der Waals surface area contributed by atoms with Crippen LogP contribution in [0.2, 0.25) is 5.02 Å². The SMILES string of the molecule is COc1c(OC(F)F)cccc1C(O)c1cc(Cl)ccc1N. The standard InChI is InChI=1S/C15H14ClF2NO3/c1-21-14-9(3-2-4-12(14)22-15(17)18)13(20)10-7-8(16)5-6-11(10)19/h2-7,13,15,20H,19H2,1H3. The van der Waals surface area contributed by atoms with E-state index in [0.29, 0.717) is 16.3 Å². The fourth-order valence-electron chi connectivity index (χ4n) is 2.11. The van der Waals surface area contributed by atoms with E-state index in [0.717, 1.165) is 0 Å².